The van der Waals surface area contributed by atoms with Crippen LogP contribution >= 0.6 is 0 Å². The second-order valence-corrected chi connectivity index (χ2v) is 7.09. The Balaban J connectivity index is 2.16. The van der Waals surface area contributed by atoms with Crippen LogP contribution in [0.5, 0.6) is 0 Å². The number of rotatable bonds is 6. The summed E-state index contributed by atoms with van der Waals surface area (Å²) >= 11 is 0. The molecule has 26 heavy (non-hydrogen) atoms. The van der Waals surface area contributed by atoms with Crippen LogP contribution in [0.1, 0.15) is 49.2 Å². The molecule has 0 bridgehead atoms. The van der Waals surface area contributed by atoms with Crippen LogP contribution in [0.25, 0.3) is 11.0 Å². The van der Waals surface area contributed by atoms with Crippen molar-refractivity contribution < 1.29 is 4.79 Å². The number of aromatic amines is 1. The molecule has 0 unspecified atom stereocenters. The van der Waals surface area contributed by atoms with Gasteiger partial charge < -0.3 is 10.6 Å². The third kappa shape index (κ3) is 3.41. The van der Waals surface area contributed by atoms with E-state index in [0.717, 1.165) is 13.1 Å². The predicted molar refractivity (Wildman–Crippen MR) is 99.7 cm³/mol. The summed E-state index contributed by atoms with van der Waals surface area (Å²) in [4.78, 5) is 44.3. The summed E-state index contributed by atoms with van der Waals surface area (Å²) in [6.45, 7) is 8.61. The Morgan fingerprint density at radius 1 is 1.38 bits per heavy atom. The normalized spacial score (nSPS) is 14.6. The van der Waals surface area contributed by atoms with Gasteiger partial charge in [0.1, 0.15) is 0 Å². The maximum atomic E-state index is 12.8. The van der Waals surface area contributed by atoms with E-state index < -0.39 is 11.2 Å². The van der Waals surface area contributed by atoms with Crippen LogP contribution in [-0.2, 0) is 6.54 Å². The van der Waals surface area contributed by atoms with Gasteiger partial charge in [-0.1, -0.05) is 20.8 Å². The number of amides is 1. The van der Waals surface area contributed by atoms with Crippen LogP contribution in [0.3, 0.4) is 0 Å². The molecule has 140 valence electrons. The van der Waals surface area contributed by atoms with Gasteiger partial charge in [0.05, 0.1) is 10.9 Å². The highest BCUT2D eigenvalue weighted by molar-refractivity contribution is 6.05. The molecule has 1 saturated heterocycles. The lowest BCUT2D eigenvalue weighted by atomic mass is 10.0. The summed E-state index contributed by atoms with van der Waals surface area (Å²) in [5.74, 6) is 0.165. The fourth-order valence-electron chi connectivity index (χ4n) is 3.02. The molecule has 0 atom stereocenters. The number of aromatic nitrogens is 3. The number of carbonyl (C=O) groups is 1. The van der Waals surface area contributed by atoms with E-state index in [4.69, 9.17) is 0 Å². The molecule has 1 aliphatic heterocycles. The molecule has 0 spiro atoms. The van der Waals surface area contributed by atoms with E-state index in [-0.39, 0.29) is 28.4 Å². The minimum Gasteiger partial charge on any atom is -0.352 e. The Bertz CT molecular complexity index is 940. The van der Waals surface area contributed by atoms with Crippen molar-refractivity contribution >= 4 is 16.9 Å². The molecule has 0 saturated carbocycles. The van der Waals surface area contributed by atoms with E-state index in [0.29, 0.717) is 31.1 Å². The third-order valence-corrected chi connectivity index (χ3v) is 4.67. The van der Waals surface area contributed by atoms with Gasteiger partial charge in [-0.3, -0.25) is 19.1 Å². The van der Waals surface area contributed by atoms with Crippen LogP contribution in [-0.4, -0.2) is 40.1 Å². The van der Waals surface area contributed by atoms with E-state index in [2.05, 4.69) is 20.6 Å². The fourth-order valence-corrected chi connectivity index (χ4v) is 3.02. The average molecular weight is 359 g/mol. The standard InChI is InChI=1S/C18H25N5O3/c1-4-5-23-15-14(17(25)22-18(23)26)12(6-13(21-15)10(2)3)16(24)20-9-11-7-19-8-11/h6,10-11,19H,4-5,7-9H2,1-3H3,(H,20,24)(H,22,25,26). The first-order valence-corrected chi connectivity index (χ1v) is 9.09. The lowest BCUT2D eigenvalue weighted by Gasteiger charge is -2.27. The predicted octanol–water partition coefficient (Wildman–Crippen LogP) is 0.567. The highest BCUT2D eigenvalue weighted by Crippen LogP contribution is 2.20. The minimum atomic E-state index is -0.573. The molecule has 0 aromatic carbocycles. The minimum absolute atomic E-state index is 0.0613. The number of pyridine rings is 1. The number of hydrogen-bond donors (Lipinski definition) is 3. The Hall–Kier alpha value is -2.48. The summed E-state index contributed by atoms with van der Waals surface area (Å²) in [5, 5.41) is 6.24. The van der Waals surface area contributed by atoms with Crippen molar-refractivity contribution in [3.8, 4) is 0 Å². The molecule has 1 aliphatic rings. The van der Waals surface area contributed by atoms with Gasteiger partial charge in [-0.15, -0.1) is 0 Å². The van der Waals surface area contributed by atoms with Crippen LogP contribution in [0, 0.1) is 5.92 Å². The van der Waals surface area contributed by atoms with Crippen molar-refractivity contribution in [2.75, 3.05) is 19.6 Å². The molecular weight excluding hydrogens is 334 g/mol. The van der Waals surface area contributed by atoms with E-state index in [1.165, 1.54) is 4.57 Å². The highest BCUT2D eigenvalue weighted by Gasteiger charge is 2.22. The SMILES string of the molecule is CCCn1c(=O)[nH]c(=O)c2c(C(=O)NCC3CNC3)cc(C(C)C)nc21. The molecular formula is C18H25N5O3. The van der Waals surface area contributed by atoms with E-state index >= 15 is 0 Å². The molecule has 0 radical (unpaired) electrons. The quantitative estimate of drug-likeness (QED) is 0.699. The number of carbonyl (C=O) groups excluding carboxylic acids is 1. The first-order valence-electron chi connectivity index (χ1n) is 9.09. The number of nitrogens with zero attached hydrogens (tertiary/aromatic N) is 2. The molecule has 3 N–H and O–H groups in total. The summed E-state index contributed by atoms with van der Waals surface area (Å²) in [6.07, 6.45) is 0.713. The van der Waals surface area contributed by atoms with Crippen LogP contribution < -0.4 is 21.9 Å². The lowest BCUT2D eigenvalue weighted by Crippen LogP contribution is -2.48. The van der Waals surface area contributed by atoms with E-state index in [1.54, 1.807) is 6.07 Å². The first kappa shape index (κ1) is 18.3. The summed E-state index contributed by atoms with van der Waals surface area (Å²) in [5.41, 5.74) is 0.169. The largest absolute Gasteiger partial charge is 0.352 e. The fraction of sp³-hybridized carbons (Fsp3) is 0.556. The van der Waals surface area contributed by atoms with Gasteiger partial charge in [0, 0.05) is 37.8 Å². The number of H-pyrrole nitrogens is 1. The average Bonchev–Trinajstić information content (AvgIpc) is 2.55. The van der Waals surface area contributed by atoms with Gasteiger partial charge in [-0.25, -0.2) is 9.78 Å². The second kappa shape index (κ2) is 7.41. The second-order valence-electron chi connectivity index (χ2n) is 7.09. The van der Waals surface area contributed by atoms with Gasteiger partial charge in [-0.05, 0) is 18.4 Å². The van der Waals surface area contributed by atoms with Crippen molar-refractivity contribution in [2.24, 2.45) is 5.92 Å². The molecule has 2 aromatic rings. The summed E-state index contributed by atoms with van der Waals surface area (Å²) in [6, 6.07) is 1.66. The van der Waals surface area contributed by atoms with E-state index in [1.807, 2.05) is 20.8 Å². The van der Waals surface area contributed by atoms with Gasteiger partial charge in [-0.2, -0.15) is 0 Å². The van der Waals surface area contributed by atoms with Crippen molar-refractivity contribution in [3.63, 3.8) is 0 Å². The summed E-state index contributed by atoms with van der Waals surface area (Å²) < 4.78 is 1.44. The Kier molecular flexibility index (Phi) is 5.22. The molecule has 1 amide bonds. The zero-order valence-corrected chi connectivity index (χ0v) is 15.4. The third-order valence-electron chi connectivity index (χ3n) is 4.67. The maximum absolute atomic E-state index is 12.8. The first-order chi connectivity index (χ1) is 12.4. The van der Waals surface area contributed by atoms with Crippen molar-refractivity contribution in [1.29, 1.82) is 0 Å². The monoisotopic (exact) mass is 359 g/mol. The Morgan fingerprint density at radius 2 is 2.12 bits per heavy atom. The number of nitrogens with one attached hydrogen (secondary N) is 3. The van der Waals surface area contributed by atoms with Crippen LogP contribution in [0.4, 0.5) is 0 Å². The van der Waals surface area contributed by atoms with Crippen LogP contribution in [0.15, 0.2) is 15.7 Å². The van der Waals surface area contributed by atoms with E-state index in [9.17, 15) is 14.4 Å². The topological polar surface area (TPSA) is 109 Å². The molecule has 1 fully saturated rings. The smallest absolute Gasteiger partial charge is 0.329 e. The molecule has 8 heteroatoms. The Labute approximate surface area is 151 Å². The molecule has 2 aromatic heterocycles. The lowest BCUT2D eigenvalue weighted by molar-refractivity contribution is 0.0943. The number of fused-ring (bicyclic) bond motifs is 1. The molecule has 3 rings (SSSR count). The maximum Gasteiger partial charge on any atom is 0.329 e. The zero-order chi connectivity index (χ0) is 18.8. The van der Waals surface area contributed by atoms with Gasteiger partial charge >= 0.3 is 5.69 Å². The van der Waals surface area contributed by atoms with Crippen LogP contribution in [0.2, 0.25) is 0 Å². The van der Waals surface area contributed by atoms with Gasteiger partial charge in [0.2, 0.25) is 0 Å². The molecule has 8 nitrogen and oxygen atoms in total. The highest BCUT2D eigenvalue weighted by atomic mass is 16.2. The summed E-state index contributed by atoms with van der Waals surface area (Å²) in [7, 11) is 0. The number of aryl methyl sites for hydroxylation is 1. The zero-order valence-electron chi connectivity index (χ0n) is 15.4. The molecule has 3 heterocycles. The van der Waals surface area contributed by atoms with Crippen molar-refractivity contribution in [2.45, 2.75) is 39.7 Å². The molecule has 0 aliphatic carbocycles. The van der Waals surface area contributed by atoms with Gasteiger partial charge in [0.25, 0.3) is 11.5 Å². The Morgan fingerprint density at radius 3 is 2.69 bits per heavy atom. The van der Waals surface area contributed by atoms with Crippen molar-refractivity contribution in [3.05, 3.63) is 38.2 Å². The number of hydrogen-bond acceptors (Lipinski definition) is 5. The van der Waals surface area contributed by atoms with Crippen molar-refractivity contribution in [1.82, 2.24) is 25.2 Å². The van der Waals surface area contributed by atoms with Gasteiger partial charge in [0.15, 0.2) is 5.65 Å².